The van der Waals surface area contributed by atoms with E-state index in [1.54, 1.807) is 0 Å². The number of hydrogen-bond donors (Lipinski definition) is 1. The van der Waals surface area contributed by atoms with Crippen molar-refractivity contribution in [2.75, 3.05) is 26.2 Å². The van der Waals surface area contributed by atoms with Crippen LogP contribution in [-0.2, 0) is 9.53 Å². The molecular weight excluding hydrogens is 302 g/mol. The molecule has 0 radical (unpaired) electrons. The van der Waals surface area contributed by atoms with Gasteiger partial charge in [0.05, 0.1) is 13.1 Å². The molecule has 0 aromatic heterocycles. The van der Waals surface area contributed by atoms with E-state index in [0.29, 0.717) is 6.61 Å². The van der Waals surface area contributed by atoms with E-state index >= 15 is 0 Å². The standard InChI is InChI=1S/C20H23NO3/c1-3-21(4-2)13-14-23-20(22)19-15-9-5-7-11-17(15)24-18-12-8-6-10-16(18)19/h5-12,19H,3-4,13-14H2,1-2H3/p+1. The van der Waals surface area contributed by atoms with Crippen molar-refractivity contribution >= 4 is 5.97 Å². The summed E-state index contributed by atoms with van der Waals surface area (Å²) in [5.74, 6) is 0.836. The number of fused-ring (bicyclic) bond motifs is 2. The summed E-state index contributed by atoms with van der Waals surface area (Å²) in [4.78, 5) is 14.2. The average molecular weight is 326 g/mol. The molecule has 2 aromatic carbocycles. The van der Waals surface area contributed by atoms with E-state index < -0.39 is 5.92 Å². The van der Waals surface area contributed by atoms with Crippen LogP contribution in [0.2, 0.25) is 0 Å². The van der Waals surface area contributed by atoms with Gasteiger partial charge in [0.15, 0.2) is 0 Å². The highest BCUT2D eigenvalue weighted by molar-refractivity contribution is 5.85. The summed E-state index contributed by atoms with van der Waals surface area (Å²) < 4.78 is 11.5. The van der Waals surface area contributed by atoms with Gasteiger partial charge in [-0.25, -0.2) is 0 Å². The summed E-state index contributed by atoms with van der Waals surface area (Å²) in [5.41, 5.74) is 1.74. The monoisotopic (exact) mass is 326 g/mol. The molecule has 1 aliphatic heterocycles. The predicted octanol–water partition coefficient (Wildman–Crippen LogP) is 2.39. The van der Waals surface area contributed by atoms with Crippen molar-refractivity contribution in [1.29, 1.82) is 0 Å². The van der Waals surface area contributed by atoms with Crippen molar-refractivity contribution in [1.82, 2.24) is 0 Å². The second-order valence-corrected chi connectivity index (χ2v) is 5.99. The van der Waals surface area contributed by atoms with Gasteiger partial charge in [0, 0.05) is 11.1 Å². The summed E-state index contributed by atoms with van der Waals surface area (Å²) in [6.07, 6.45) is 0. The fraction of sp³-hybridized carbons (Fsp3) is 0.350. The van der Waals surface area contributed by atoms with Crippen LogP contribution in [0.4, 0.5) is 0 Å². The lowest BCUT2D eigenvalue weighted by molar-refractivity contribution is -0.896. The van der Waals surface area contributed by atoms with Crippen molar-refractivity contribution in [2.24, 2.45) is 0 Å². The third-order valence-corrected chi connectivity index (χ3v) is 4.62. The number of likely N-dealkylation sites (N-methyl/N-ethyl adjacent to an activating group) is 1. The molecule has 4 heteroatoms. The van der Waals surface area contributed by atoms with Crippen molar-refractivity contribution < 1.29 is 19.2 Å². The molecule has 0 bridgehead atoms. The first kappa shape index (κ1) is 16.5. The molecular formula is C20H24NO3+. The number of para-hydroxylation sites is 2. The fourth-order valence-corrected chi connectivity index (χ4v) is 3.15. The molecule has 0 fully saturated rings. The number of ether oxygens (including phenoxy) is 2. The molecule has 0 atom stereocenters. The van der Waals surface area contributed by atoms with E-state index in [4.69, 9.17) is 9.47 Å². The number of carbonyl (C=O) groups is 1. The summed E-state index contributed by atoms with van der Waals surface area (Å²) in [6.45, 7) is 7.65. The Labute approximate surface area is 143 Å². The van der Waals surface area contributed by atoms with Gasteiger partial charge in [-0.1, -0.05) is 36.4 Å². The van der Waals surface area contributed by atoms with Crippen LogP contribution in [0.5, 0.6) is 11.5 Å². The molecule has 1 heterocycles. The number of quaternary nitrogens is 1. The smallest absolute Gasteiger partial charge is 0.318 e. The Balaban J connectivity index is 1.80. The van der Waals surface area contributed by atoms with Gasteiger partial charge in [0.1, 0.15) is 30.6 Å². The zero-order chi connectivity index (χ0) is 16.9. The Morgan fingerprint density at radius 1 is 1.00 bits per heavy atom. The zero-order valence-electron chi connectivity index (χ0n) is 14.2. The molecule has 0 saturated heterocycles. The van der Waals surface area contributed by atoms with Gasteiger partial charge < -0.3 is 14.4 Å². The van der Waals surface area contributed by atoms with E-state index in [1.165, 1.54) is 4.90 Å². The summed E-state index contributed by atoms with van der Waals surface area (Å²) in [5, 5.41) is 0. The largest absolute Gasteiger partial charge is 0.459 e. The highest BCUT2D eigenvalue weighted by atomic mass is 16.5. The third kappa shape index (κ3) is 3.29. The van der Waals surface area contributed by atoms with E-state index in [1.807, 2.05) is 48.5 Å². The first-order valence-electron chi connectivity index (χ1n) is 8.60. The molecule has 1 N–H and O–H groups in total. The topological polar surface area (TPSA) is 40.0 Å². The van der Waals surface area contributed by atoms with Gasteiger partial charge in [-0.3, -0.25) is 4.79 Å². The lowest BCUT2D eigenvalue weighted by atomic mass is 9.88. The minimum atomic E-state index is -0.419. The van der Waals surface area contributed by atoms with Gasteiger partial charge >= 0.3 is 5.97 Å². The molecule has 0 unspecified atom stereocenters. The van der Waals surface area contributed by atoms with Crippen molar-refractivity contribution in [3.8, 4) is 11.5 Å². The molecule has 0 saturated carbocycles. The van der Waals surface area contributed by atoms with E-state index in [2.05, 4.69) is 13.8 Å². The van der Waals surface area contributed by atoms with Gasteiger partial charge in [0.25, 0.3) is 0 Å². The number of hydrogen-bond acceptors (Lipinski definition) is 3. The molecule has 0 aliphatic carbocycles. The summed E-state index contributed by atoms with van der Waals surface area (Å²) in [6, 6.07) is 15.3. The van der Waals surface area contributed by atoms with Crippen LogP contribution in [0.25, 0.3) is 0 Å². The van der Waals surface area contributed by atoms with E-state index in [-0.39, 0.29) is 5.97 Å². The molecule has 0 spiro atoms. The number of carbonyl (C=O) groups excluding carboxylic acids is 1. The number of nitrogens with one attached hydrogen (secondary N) is 1. The Morgan fingerprint density at radius 2 is 1.54 bits per heavy atom. The summed E-state index contributed by atoms with van der Waals surface area (Å²) in [7, 11) is 0. The van der Waals surface area contributed by atoms with Crippen LogP contribution in [0.3, 0.4) is 0 Å². The average Bonchev–Trinajstić information content (AvgIpc) is 2.63. The maximum atomic E-state index is 12.8. The van der Waals surface area contributed by atoms with Crippen molar-refractivity contribution in [3.63, 3.8) is 0 Å². The van der Waals surface area contributed by atoms with Gasteiger partial charge in [-0.15, -0.1) is 0 Å². The molecule has 4 nitrogen and oxygen atoms in total. The van der Waals surface area contributed by atoms with E-state index in [9.17, 15) is 4.79 Å². The molecule has 24 heavy (non-hydrogen) atoms. The maximum Gasteiger partial charge on any atom is 0.318 e. The first-order chi connectivity index (χ1) is 11.7. The fourth-order valence-electron chi connectivity index (χ4n) is 3.15. The predicted molar refractivity (Wildman–Crippen MR) is 92.7 cm³/mol. The Kier molecular flexibility index (Phi) is 5.16. The van der Waals surface area contributed by atoms with Crippen molar-refractivity contribution in [2.45, 2.75) is 19.8 Å². The lowest BCUT2D eigenvalue weighted by Crippen LogP contribution is -3.11. The minimum Gasteiger partial charge on any atom is -0.459 e. The Hall–Kier alpha value is -2.33. The quantitative estimate of drug-likeness (QED) is 0.829. The second kappa shape index (κ2) is 7.49. The molecule has 2 aromatic rings. The maximum absolute atomic E-state index is 12.8. The highest BCUT2D eigenvalue weighted by Crippen LogP contribution is 2.44. The number of benzene rings is 2. The normalized spacial score (nSPS) is 13.1. The molecule has 3 rings (SSSR count). The molecule has 1 aliphatic rings. The molecule has 126 valence electrons. The van der Waals surface area contributed by atoms with E-state index in [0.717, 1.165) is 42.3 Å². The minimum absolute atomic E-state index is 0.204. The van der Waals surface area contributed by atoms with Gasteiger partial charge in [-0.2, -0.15) is 0 Å². The zero-order valence-corrected chi connectivity index (χ0v) is 14.2. The number of rotatable bonds is 6. The lowest BCUT2D eigenvalue weighted by Gasteiger charge is -2.27. The highest BCUT2D eigenvalue weighted by Gasteiger charge is 2.33. The van der Waals surface area contributed by atoms with Crippen LogP contribution in [0.15, 0.2) is 48.5 Å². The first-order valence-corrected chi connectivity index (χ1v) is 8.60. The van der Waals surface area contributed by atoms with Crippen LogP contribution < -0.4 is 9.64 Å². The summed E-state index contributed by atoms with van der Waals surface area (Å²) >= 11 is 0. The van der Waals surface area contributed by atoms with Crippen LogP contribution in [0.1, 0.15) is 30.9 Å². The Morgan fingerprint density at radius 3 is 2.08 bits per heavy atom. The number of esters is 1. The second-order valence-electron chi connectivity index (χ2n) is 5.99. The van der Waals surface area contributed by atoms with Crippen molar-refractivity contribution in [3.05, 3.63) is 59.7 Å². The van der Waals surface area contributed by atoms with Crippen LogP contribution >= 0.6 is 0 Å². The van der Waals surface area contributed by atoms with Crippen LogP contribution in [-0.4, -0.2) is 32.2 Å². The van der Waals surface area contributed by atoms with Crippen LogP contribution in [0, 0.1) is 0 Å². The third-order valence-electron chi connectivity index (χ3n) is 4.62. The van der Waals surface area contributed by atoms with Gasteiger partial charge in [0.2, 0.25) is 0 Å². The SMILES string of the molecule is CC[NH+](CC)CCOC(=O)C1c2ccccc2Oc2ccccc21. The molecule has 0 amide bonds. The van der Waals surface area contributed by atoms with Gasteiger partial charge in [-0.05, 0) is 26.0 Å². The Bertz CT molecular complexity index is 664.